The third-order valence-corrected chi connectivity index (χ3v) is 5.98. The molecule has 0 radical (unpaired) electrons. The van der Waals surface area contributed by atoms with E-state index in [0.29, 0.717) is 23.3 Å². The summed E-state index contributed by atoms with van der Waals surface area (Å²) in [6.07, 6.45) is 2.93. The first-order valence-corrected chi connectivity index (χ1v) is 9.73. The van der Waals surface area contributed by atoms with E-state index in [1.165, 1.54) is 12.4 Å². The molecule has 2 N–H and O–H groups in total. The summed E-state index contributed by atoms with van der Waals surface area (Å²) >= 11 is 0. The molecule has 2 saturated heterocycles. The number of anilines is 1. The van der Waals surface area contributed by atoms with E-state index in [2.05, 4.69) is 20.9 Å². The van der Waals surface area contributed by atoms with Gasteiger partial charge in [-0.15, -0.1) is 0 Å². The summed E-state index contributed by atoms with van der Waals surface area (Å²) in [5.74, 6) is 0.978. The molecule has 0 saturated carbocycles. The standard InChI is InChI=1S/C22H21N5O2/c23-20(28)17-8-24-22(25-9-17)27-12-18-10-26(11-19(18)13-27)21(29)16-6-5-14-3-1-2-4-15(14)7-16/h1-9,18-19H,10-13H2,(H2,23,28). The van der Waals surface area contributed by atoms with Crippen LogP contribution in [0.4, 0.5) is 5.95 Å². The van der Waals surface area contributed by atoms with E-state index in [9.17, 15) is 9.59 Å². The van der Waals surface area contributed by atoms with Crippen LogP contribution in [0.15, 0.2) is 54.9 Å². The number of carbonyl (C=O) groups is 2. The van der Waals surface area contributed by atoms with Gasteiger partial charge >= 0.3 is 0 Å². The minimum Gasteiger partial charge on any atom is -0.366 e. The van der Waals surface area contributed by atoms with Gasteiger partial charge in [-0.25, -0.2) is 9.97 Å². The zero-order valence-corrected chi connectivity index (χ0v) is 15.9. The number of amides is 2. The summed E-state index contributed by atoms with van der Waals surface area (Å²) < 4.78 is 0. The fourth-order valence-electron chi connectivity index (χ4n) is 4.44. The average Bonchev–Trinajstić information content (AvgIpc) is 3.32. The SMILES string of the molecule is NC(=O)c1cnc(N2CC3CN(C(=O)c4ccc5ccccc5c4)CC3C2)nc1. The molecule has 29 heavy (non-hydrogen) atoms. The van der Waals surface area contributed by atoms with Gasteiger partial charge < -0.3 is 15.5 Å². The summed E-state index contributed by atoms with van der Waals surface area (Å²) in [7, 11) is 0. The number of fused-ring (bicyclic) bond motifs is 2. The van der Waals surface area contributed by atoms with E-state index in [1.54, 1.807) is 0 Å². The van der Waals surface area contributed by atoms with Crippen molar-refractivity contribution in [1.29, 1.82) is 0 Å². The van der Waals surface area contributed by atoms with Crippen molar-refractivity contribution in [3.8, 4) is 0 Å². The summed E-state index contributed by atoms with van der Waals surface area (Å²) in [4.78, 5) is 36.8. The Hall–Kier alpha value is -3.48. The van der Waals surface area contributed by atoms with Crippen LogP contribution in [0.5, 0.6) is 0 Å². The molecule has 1 aromatic heterocycles. The van der Waals surface area contributed by atoms with Crippen LogP contribution in [0.3, 0.4) is 0 Å². The predicted molar refractivity (Wildman–Crippen MR) is 110 cm³/mol. The second-order valence-electron chi connectivity index (χ2n) is 7.83. The van der Waals surface area contributed by atoms with Gasteiger partial charge in [0.1, 0.15) is 0 Å². The van der Waals surface area contributed by atoms with Crippen molar-refractivity contribution in [2.75, 3.05) is 31.1 Å². The third kappa shape index (κ3) is 3.18. The van der Waals surface area contributed by atoms with Crippen molar-refractivity contribution in [2.45, 2.75) is 0 Å². The van der Waals surface area contributed by atoms with Crippen LogP contribution in [0.2, 0.25) is 0 Å². The Morgan fingerprint density at radius 2 is 1.52 bits per heavy atom. The maximum atomic E-state index is 13.0. The highest BCUT2D eigenvalue weighted by Crippen LogP contribution is 2.33. The lowest BCUT2D eigenvalue weighted by Gasteiger charge is -2.22. The minimum absolute atomic E-state index is 0.0961. The Bertz CT molecular complexity index is 1080. The first kappa shape index (κ1) is 17.6. The average molecular weight is 387 g/mol. The van der Waals surface area contributed by atoms with Gasteiger partial charge in [0.05, 0.1) is 5.56 Å². The lowest BCUT2D eigenvalue weighted by molar-refractivity contribution is 0.0782. The maximum absolute atomic E-state index is 13.0. The topological polar surface area (TPSA) is 92.4 Å². The van der Waals surface area contributed by atoms with Gasteiger partial charge in [-0.05, 0) is 22.9 Å². The van der Waals surface area contributed by atoms with Gasteiger partial charge in [0.25, 0.3) is 11.8 Å². The molecule has 2 aliphatic rings. The van der Waals surface area contributed by atoms with E-state index >= 15 is 0 Å². The van der Waals surface area contributed by atoms with Crippen molar-refractivity contribution < 1.29 is 9.59 Å². The molecule has 3 heterocycles. The summed E-state index contributed by atoms with van der Waals surface area (Å²) in [6, 6.07) is 14.0. The number of carbonyl (C=O) groups excluding carboxylic acids is 2. The first-order chi connectivity index (χ1) is 14.1. The Balaban J connectivity index is 1.26. The quantitative estimate of drug-likeness (QED) is 0.741. The number of rotatable bonds is 3. The molecule has 2 unspecified atom stereocenters. The smallest absolute Gasteiger partial charge is 0.253 e. The van der Waals surface area contributed by atoms with Crippen molar-refractivity contribution in [3.05, 3.63) is 66.0 Å². The fourth-order valence-corrected chi connectivity index (χ4v) is 4.44. The number of hydrogen-bond acceptors (Lipinski definition) is 5. The second kappa shape index (κ2) is 6.84. The van der Waals surface area contributed by atoms with Gasteiger partial charge in [0.2, 0.25) is 5.95 Å². The van der Waals surface area contributed by atoms with E-state index in [-0.39, 0.29) is 5.91 Å². The molecule has 7 nitrogen and oxygen atoms in total. The van der Waals surface area contributed by atoms with Crippen LogP contribution in [0, 0.1) is 11.8 Å². The Morgan fingerprint density at radius 3 is 2.17 bits per heavy atom. The summed E-state index contributed by atoms with van der Waals surface area (Å²) in [5.41, 5.74) is 6.29. The van der Waals surface area contributed by atoms with Crippen LogP contribution < -0.4 is 10.6 Å². The summed E-state index contributed by atoms with van der Waals surface area (Å²) in [6.45, 7) is 3.10. The molecule has 7 heteroatoms. The van der Waals surface area contributed by atoms with Gasteiger partial charge in [0.15, 0.2) is 0 Å². The largest absolute Gasteiger partial charge is 0.366 e. The molecule has 2 amide bonds. The molecule has 2 aliphatic heterocycles. The van der Waals surface area contributed by atoms with Crippen molar-refractivity contribution in [2.24, 2.45) is 17.6 Å². The molecule has 0 spiro atoms. The molecular weight excluding hydrogens is 366 g/mol. The lowest BCUT2D eigenvalue weighted by atomic mass is 10.0. The third-order valence-electron chi connectivity index (χ3n) is 5.98. The molecule has 0 bridgehead atoms. The van der Waals surface area contributed by atoms with E-state index in [1.807, 2.05) is 41.3 Å². The number of hydrogen-bond donors (Lipinski definition) is 1. The van der Waals surface area contributed by atoms with E-state index in [0.717, 1.165) is 42.5 Å². The van der Waals surface area contributed by atoms with Crippen molar-refractivity contribution >= 4 is 28.5 Å². The number of benzene rings is 2. The second-order valence-corrected chi connectivity index (χ2v) is 7.83. The van der Waals surface area contributed by atoms with Crippen molar-refractivity contribution in [3.63, 3.8) is 0 Å². The number of aromatic nitrogens is 2. The molecule has 2 aromatic carbocycles. The number of nitrogens with two attached hydrogens (primary N) is 1. The zero-order chi connectivity index (χ0) is 20.0. The van der Waals surface area contributed by atoms with E-state index < -0.39 is 5.91 Å². The highest BCUT2D eigenvalue weighted by Gasteiger charge is 2.42. The predicted octanol–water partition coefficient (Wildman–Crippen LogP) is 1.94. The van der Waals surface area contributed by atoms with Crippen LogP contribution >= 0.6 is 0 Å². The monoisotopic (exact) mass is 387 g/mol. The van der Waals surface area contributed by atoms with Crippen molar-refractivity contribution in [1.82, 2.24) is 14.9 Å². The van der Waals surface area contributed by atoms with Crippen LogP contribution in [0.1, 0.15) is 20.7 Å². The Morgan fingerprint density at radius 1 is 0.862 bits per heavy atom. The highest BCUT2D eigenvalue weighted by atomic mass is 16.2. The molecule has 146 valence electrons. The first-order valence-electron chi connectivity index (χ1n) is 9.73. The minimum atomic E-state index is -0.530. The summed E-state index contributed by atoms with van der Waals surface area (Å²) in [5, 5.41) is 2.22. The van der Waals surface area contributed by atoms with E-state index in [4.69, 9.17) is 5.73 Å². The molecule has 5 rings (SSSR count). The normalized spacial score (nSPS) is 20.8. The van der Waals surface area contributed by atoms with Gasteiger partial charge in [-0.3, -0.25) is 9.59 Å². The highest BCUT2D eigenvalue weighted by molar-refractivity contribution is 5.98. The van der Waals surface area contributed by atoms with Crippen LogP contribution in [-0.4, -0.2) is 52.9 Å². The van der Waals surface area contributed by atoms with Gasteiger partial charge in [-0.2, -0.15) is 0 Å². The zero-order valence-electron chi connectivity index (χ0n) is 15.9. The Kier molecular flexibility index (Phi) is 4.16. The van der Waals surface area contributed by atoms with Crippen LogP contribution in [0.25, 0.3) is 10.8 Å². The molecule has 3 aromatic rings. The number of likely N-dealkylation sites (tertiary alicyclic amines) is 1. The van der Waals surface area contributed by atoms with Crippen LogP contribution in [-0.2, 0) is 0 Å². The molecule has 2 fully saturated rings. The molecule has 2 atom stereocenters. The molecular formula is C22H21N5O2. The fraction of sp³-hybridized carbons (Fsp3) is 0.273. The maximum Gasteiger partial charge on any atom is 0.253 e. The number of primary amides is 1. The van der Waals surface area contributed by atoms with Gasteiger partial charge in [-0.1, -0.05) is 30.3 Å². The van der Waals surface area contributed by atoms with Gasteiger partial charge in [0, 0.05) is 56.0 Å². The number of nitrogens with zero attached hydrogens (tertiary/aromatic N) is 4. The lowest BCUT2D eigenvalue weighted by Crippen LogP contribution is -2.33. The molecule has 0 aliphatic carbocycles. The Labute approximate surface area is 168 Å².